The van der Waals surface area contributed by atoms with Gasteiger partial charge in [-0.2, -0.15) is 0 Å². The summed E-state index contributed by atoms with van der Waals surface area (Å²) in [7, 11) is 0. The standard InChI is InChI=1S/C13H18ClNO2/c1-2-3-8-17-9-7-15-10-11-12(14)5-4-6-13(11)16/h2,4-6,15-16H,1,3,7-10H2. The molecule has 0 unspecified atom stereocenters. The fourth-order valence-electron chi connectivity index (χ4n) is 1.35. The molecule has 0 saturated heterocycles. The van der Waals surface area contributed by atoms with Gasteiger partial charge in [0.05, 0.1) is 13.2 Å². The lowest BCUT2D eigenvalue weighted by Crippen LogP contribution is -2.19. The van der Waals surface area contributed by atoms with Crippen LogP contribution < -0.4 is 5.32 Å². The SMILES string of the molecule is C=CCCOCCNCc1c(O)cccc1Cl. The summed E-state index contributed by atoms with van der Waals surface area (Å²) in [4.78, 5) is 0. The summed E-state index contributed by atoms with van der Waals surface area (Å²) in [5, 5.41) is 13.3. The quantitative estimate of drug-likeness (QED) is 0.554. The van der Waals surface area contributed by atoms with Crippen LogP contribution in [0.5, 0.6) is 5.75 Å². The van der Waals surface area contributed by atoms with Crippen LogP contribution in [0, 0.1) is 0 Å². The van der Waals surface area contributed by atoms with E-state index in [9.17, 15) is 5.11 Å². The third-order valence-electron chi connectivity index (χ3n) is 2.29. The lowest BCUT2D eigenvalue weighted by molar-refractivity contribution is 0.140. The highest BCUT2D eigenvalue weighted by atomic mass is 35.5. The molecule has 0 amide bonds. The largest absolute Gasteiger partial charge is 0.508 e. The fourth-order valence-corrected chi connectivity index (χ4v) is 1.59. The zero-order valence-electron chi connectivity index (χ0n) is 9.79. The van der Waals surface area contributed by atoms with Crippen molar-refractivity contribution in [1.29, 1.82) is 0 Å². The lowest BCUT2D eigenvalue weighted by Gasteiger charge is -2.08. The van der Waals surface area contributed by atoms with Crippen LogP contribution in [0.1, 0.15) is 12.0 Å². The molecule has 0 heterocycles. The third kappa shape index (κ3) is 5.22. The van der Waals surface area contributed by atoms with E-state index in [0.717, 1.165) is 18.5 Å². The first-order valence-electron chi connectivity index (χ1n) is 5.61. The van der Waals surface area contributed by atoms with Gasteiger partial charge in [0.25, 0.3) is 0 Å². The minimum atomic E-state index is 0.220. The van der Waals surface area contributed by atoms with Gasteiger partial charge in [-0.15, -0.1) is 6.58 Å². The van der Waals surface area contributed by atoms with Crippen molar-refractivity contribution in [2.75, 3.05) is 19.8 Å². The average molecular weight is 256 g/mol. The molecule has 0 fully saturated rings. The molecule has 0 radical (unpaired) electrons. The van der Waals surface area contributed by atoms with E-state index < -0.39 is 0 Å². The van der Waals surface area contributed by atoms with Gasteiger partial charge < -0.3 is 15.2 Å². The number of benzene rings is 1. The molecule has 1 aromatic carbocycles. The summed E-state index contributed by atoms with van der Waals surface area (Å²) < 4.78 is 5.34. The van der Waals surface area contributed by atoms with Crippen molar-refractivity contribution in [3.63, 3.8) is 0 Å². The molecular formula is C13H18ClNO2. The summed E-state index contributed by atoms with van der Waals surface area (Å²) in [6.07, 6.45) is 2.69. The molecule has 1 rings (SSSR count). The number of phenolic OH excluding ortho intramolecular Hbond substituents is 1. The third-order valence-corrected chi connectivity index (χ3v) is 2.64. The number of nitrogens with one attached hydrogen (secondary N) is 1. The van der Waals surface area contributed by atoms with Crippen molar-refractivity contribution < 1.29 is 9.84 Å². The van der Waals surface area contributed by atoms with E-state index >= 15 is 0 Å². The second kappa shape index (κ2) is 8.12. The van der Waals surface area contributed by atoms with Gasteiger partial charge in [-0.25, -0.2) is 0 Å². The molecule has 2 N–H and O–H groups in total. The zero-order chi connectivity index (χ0) is 12.5. The van der Waals surface area contributed by atoms with Crippen LogP contribution in [0.3, 0.4) is 0 Å². The Kier molecular flexibility index (Phi) is 6.70. The highest BCUT2D eigenvalue weighted by molar-refractivity contribution is 6.31. The Labute approximate surface area is 107 Å². The summed E-state index contributed by atoms with van der Waals surface area (Å²) in [6, 6.07) is 5.11. The van der Waals surface area contributed by atoms with Crippen molar-refractivity contribution in [2.45, 2.75) is 13.0 Å². The van der Waals surface area contributed by atoms with Crippen LogP contribution in [-0.4, -0.2) is 24.9 Å². The Hall–Kier alpha value is -1.03. The Balaban J connectivity index is 2.20. The zero-order valence-corrected chi connectivity index (χ0v) is 10.5. The molecule has 0 saturated carbocycles. The normalized spacial score (nSPS) is 10.4. The maximum absolute atomic E-state index is 9.60. The number of hydrogen-bond acceptors (Lipinski definition) is 3. The van der Waals surface area contributed by atoms with Crippen molar-refractivity contribution in [1.82, 2.24) is 5.32 Å². The van der Waals surface area contributed by atoms with Gasteiger partial charge in [-0.05, 0) is 18.6 Å². The molecular weight excluding hydrogens is 238 g/mol. The summed E-state index contributed by atoms with van der Waals surface area (Å²) >= 11 is 5.97. The van der Waals surface area contributed by atoms with E-state index in [1.54, 1.807) is 18.2 Å². The molecule has 17 heavy (non-hydrogen) atoms. The van der Waals surface area contributed by atoms with Crippen LogP contribution in [0.4, 0.5) is 0 Å². The smallest absolute Gasteiger partial charge is 0.121 e. The summed E-state index contributed by atoms with van der Waals surface area (Å²) in [5.41, 5.74) is 0.722. The average Bonchev–Trinajstić information content (AvgIpc) is 2.31. The van der Waals surface area contributed by atoms with Crippen molar-refractivity contribution in [3.05, 3.63) is 41.4 Å². The molecule has 4 heteroatoms. The second-order valence-corrected chi connectivity index (χ2v) is 4.01. The Morgan fingerprint density at radius 1 is 1.41 bits per heavy atom. The predicted octanol–water partition coefficient (Wildman–Crippen LogP) is 2.73. The molecule has 3 nitrogen and oxygen atoms in total. The van der Waals surface area contributed by atoms with Gasteiger partial charge in [-0.3, -0.25) is 0 Å². The maximum Gasteiger partial charge on any atom is 0.121 e. The molecule has 0 aliphatic heterocycles. The van der Waals surface area contributed by atoms with Crippen LogP contribution in [-0.2, 0) is 11.3 Å². The first kappa shape index (κ1) is 14.0. The first-order valence-corrected chi connectivity index (χ1v) is 5.99. The van der Waals surface area contributed by atoms with Gasteiger partial charge in [0.1, 0.15) is 5.75 Å². The van der Waals surface area contributed by atoms with Gasteiger partial charge in [-0.1, -0.05) is 23.7 Å². The molecule has 0 bridgehead atoms. The number of phenols is 1. The van der Waals surface area contributed by atoms with E-state index in [1.165, 1.54) is 0 Å². The monoisotopic (exact) mass is 255 g/mol. The maximum atomic E-state index is 9.60. The molecule has 0 aliphatic rings. The summed E-state index contributed by atoms with van der Waals surface area (Å²) in [5.74, 6) is 0.220. The Morgan fingerprint density at radius 3 is 2.94 bits per heavy atom. The topological polar surface area (TPSA) is 41.5 Å². The summed E-state index contributed by atoms with van der Waals surface area (Å²) in [6.45, 7) is 6.21. The molecule has 1 aromatic rings. The van der Waals surface area contributed by atoms with E-state index in [-0.39, 0.29) is 5.75 Å². The van der Waals surface area contributed by atoms with Crippen molar-refractivity contribution in [3.8, 4) is 5.75 Å². The molecule has 0 spiro atoms. The predicted molar refractivity (Wildman–Crippen MR) is 70.5 cm³/mol. The lowest BCUT2D eigenvalue weighted by atomic mass is 10.2. The van der Waals surface area contributed by atoms with Crippen molar-refractivity contribution in [2.24, 2.45) is 0 Å². The molecule has 0 atom stereocenters. The highest BCUT2D eigenvalue weighted by Crippen LogP contribution is 2.24. The van der Waals surface area contributed by atoms with Crippen LogP contribution >= 0.6 is 11.6 Å². The van der Waals surface area contributed by atoms with E-state index in [1.807, 2.05) is 6.08 Å². The minimum absolute atomic E-state index is 0.220. The highest BCUT2D eigenvalue weighted by Gasteiger charge is 2.04. The number of halogens is 1. The van der Waals surface area contributed by atoms with E-state index in [2.05, 4.69) is 11.9 Å². The van der Waals surface area contributed by atoms with Crippen molar-refractivity contribution >= 4 is 11.6 Å². The Morgan fingerprint density at radius 2 is 2.24 bits per heavy atom. The van der Waals surface area contributed by atoms with Gasteiger partial charge in [0.2, 0.25) is 0 Å². The number of hydrogen-bond donors (Lipinski definition) is 2. The second-order valence-electron chi connectivity index (χ2n) is 3.60. The molecule has 94 valence electrons. The van der Waals surface area contributed by atoms with Crippen LogP contribution in [0.2, 0.25) is 5.02 Å². The van der Waals surface area contributed by atoms with Gasteiger partial charge in [0, 0.05) is 23.7 Å². The fraction of sp³-hybridized carbons (Fsp3) is 0.385. The first-order chi connectivity index (χ1) is 8.25. The van der Waals surface area contributed by atoms with E-state index in [4.69, 9.17) is 16.3 Å². The number of ether oxygens (including phenoxy) is 1. The van der Waals surface area contributed by atoms with E-state index in [0.29, 0.717) is 24.8 Å². The van der Waals surface area contributed by atoms with Crippen LogP contribution in [0.25, 0.3) is 0 Å². The molecule has 0 aliphatic carbocycles. The van der Waals surface area contributed by atoms with Crippen LogP contribution in [0.15, 0.2) is 30.9 Å². The molecule has 0 aromatic heterocycles. The number of aromatic hydroxyl groups is 1. The number of rotatable bonds is 8. The van der Waals surface area contributed by atoms with Gasteiger partial charge in [0.15, 0.2) is 0 Å². The van der Waals surface area contributed by atoms with Gasteiger partial charge >= 0.3 is 0 Å². The minimum Gasteiger partial charge on any atom is -0.508 e. The Bertz CT molecular complexity index is 335.